The van der Waals surface area contributed by atoms with Gasteiger partial charge in [0.05, 0.1) is 19.8 Å². The van der Waals surface area contributed by atoms with Crippen molar-refractivity contribution in [2.45, 2.75) is 13.0 Å². The topological polar surface area (TPSA) is 57.7 Å². The fourth-order valence-corrected chi connectivity index (χ4v) is 1.24. The van der Waals surface area contributed by atoms with Gasteiger partial charge in [-0.3, -0.25) is 0 Å². The van der Waals surface area contributed by atoms with Crippen molar-refractivity contribution in [2.75, 3.05) is 14.2 Å². The van der Waals surface area contributed by atoms with Gasteiger partial charge in [0.2, 0.25) is 5.88 Å². The zero-order valence-corrected chi connectivity index (χ0v) is 9.88. The van der Waals surface area contributed by atoms with Gasteiger partial charge in [-0.1, -0.05) is 0 Å². The van der Waals surface area contributed by atoms with E-state index in [0.717, 1.165) is 14.2 Å². The van der Waals surface area contributed by atoms with Crippen molar-refractivity contribution < 1.29 is 36.6 Å². The predicted molar refractivity (Wildman–Crippen MR) is 53.6 cm³/mol. The first-order valence-corrected chi connectivity index (χ1v) is 4.80. The highest BCUT2D eigenvalue weighted by atomic mass is 19.4. The van der Waals surface area contributed by atoms with Crippen LogP contribution in [0, 0.1) is 0 Å². The van der Waals surface area contributed by atoms with E-state index in [4.69, 9.17) is 0 Å². The Bertz CT molecular complexity index is 475. The second-order valence-corrected chi connectivity index (χ2v) is 3.17. The Morgan fingerprint density at radius 3 is 2.42 bits per heavy atom. The maximum absolute atomic E-state index is 12.7. The number of ether oxygens (including phenoxy) is 3. The second-order valence-electron chi connectivity index (χ2n) is 3.17. The Balaban J connectivity index is 3.35. The van der Waals surface area contributed by atoms with Crippen molar-refractivity contribution >= 4 is 5.97 Å². The molecule has 5 nitrogen and oxygen atoms in total. The Labute approximate surface area is 105 Å². The van der Waals surface area contributed by atoms with Gasteiger partial charge in [-0.25, -0.2) is 14.2 Å². The van der Waals surface area contributed by atoms with Crippen molar-refractivity contribution in [1.29, 1.82) is 0 Å². The molecule has 0 fully saturated rings. The monoisotopic (exact) mass is 283 g/mol. The number of alkyl halides is 4. The summed E-state index contributed by atoms with van der Waals surface area (Å²) in [5, 5.41) is 0. The van der Waals surface area contributed by atoms with Crippen LogP contribution in [0.5, 0.6) is 11.6 Å². The summed E-state index contributed by atoms with van der Waals surface area (Å²) in [6, 6.07) is 0.636. The first kappa shape index (κ1) is 15.0. The summed E-state index contributed by atoms with van der Waals surface area (Å²) >= 11 is 0. The lowest BCUT2D eigenvalue weighted by atomic mass is 10.2. The molecule has 19 heavy (non-hydrogen) atoms. The van der Waals surface area contributed by atoms with Crippen molar-refractivity contribution in [3.63, 3.8) is 0 Å². The standard InChI is InChI=1S/C10H9F4NO4/c1-17-8-5(4-11)7(19-10(12,13)14)3-6(15-8)9(16)18-2/h3H,4H2,1-2H3. The van der Waals surface area contributed by atoms with Gasteiger partial charge in [-0.15, -0.1) is 13.2 Å². The van der Waals surface area contributed by atoms with E-state index in [1.165, 1.54) is 0 Å². The molecule has 1 rings (SSSR count). The summed E-state index contributed by atoms with van der Waals surface area (Å²) in [5.41, 5.74) is -1.04. The summed E-state index contributed by atoms with van der Waals surface area (Å²) in [6.45, 7) is -1.30. The molecular formula is C10H9F4NO4. The number of pyridine rings is 1. The normalized spacial score (nSPS) is 11.1. The summed E-state index contributed by atoms with van der Waals surface area (Å²) in [5.74, 6) is -2.39. The lowest BCUT2D eigenvalue weighted by Crippen LogP contribution is -2.19. The summed E-state index contributed by atoms with van der Waals surface area (Å²) in [7, 11) is 2.09. The maximum Gasteiger partial charge on any atom is 0.573 e. The molecule has 1 heterocycles. The third-order valence-corrected chi connectivity index (χ3v) is 1.99. The highest BCUT2D eigenvalue weighted by molar-refractivity contribution is 5.88. The average Bonchev–Trinajstić information content (AvgIpc) is 2.34. The number of carbonyl (C=O) groups is 1. The first-order valence-electron chi connectivity index (χ1n) is 4.80. The van der Waals surface area contributed by atoms with Gasteiger partial charge >= 0.3 is 12.3 Å². The molecule has 0 aliphatic rings. The van der Waals surface area contributed by atoms with Crippen LogP contribution >= 0.6 is 0 Å². The number of halogens is 4. The molecule has 106 valence electrons. The molecule has 0 saturated heterocycles. The van der Waals surface area contributed by atoms with E-state index in [-0.39, 0.29) is 0 Å². The minimum atomic E-state index is -5.04. The molecule has 0 N–H and O–H groups in total. The molecular weight excluding hydrogens is 274 g/mol. The molecule has 0 amide bonds. The number of esters is 1. The molecule has 0 aliphatic heterocycles. The molecule has 1 aromatic rings. The van der Waals surface area contributed by atoms with Crippen LogP contribution in [0.1, 0.15) is 16.1 Å². The number of carbonyl (C=O) groups excluding carboxylic acids is 1. The van der Waals surface area contributed by atoms with Crippen LogP contribution < -0.4 is 9.47 Å². The summed E-state index contributed by atoms with van der Waals surface area (Å²) < 4.78 is 61.9. The van der Waals surface area contributed by atoms with E-state index in [1.54, 1.807) is 0 Å². The molecule has 0 radical (unpaired) electrons. The Morgan fingerprint density at radius 1 is 1.37 bits per heavy atom. The minimum Gasteiger partial charge on any atom is -0.481 e. The molecule has 0 unspecified atom stereocenters. The number of hydrogen-bond acceptors (Lipinski definition) is 5. The zero-order chi connectivity index (χ0) is 14.6. The van der Waals surface area contributed by atoms with Gasteiger partial charge in [-0.05, 0) is 0 Å². The third-order valence-electron chi connectivity index (χ3n) is 1.99. The number of methoxy groups -OCH3 is 2. The highest BCUT2D eigenvalue weighted by Crippen LogP contribution is 2.33. The lowest BCUT2D eigenvalue weighted by Gasteiger charge is -2.14. The minimum absolute atomic E-state index is 0.482. The quantitative estimate of drug-likeness (QED) is 0.626. The number of nitrogens with zero attached hydrogens (tertiary/aromatic N) is 1. The Hall–Kier alpha value is -2.06. The molecule has 9 heteroatoms. The van der Waals surface area contributed by atoms with Crippen LogP contribution in [0.2, 0.25) is 0 Å². The first-order chi connectivity index (χ1) is 8.82. The van der Waals surface area contributed by atoms with Gasteiger partial charge in [-0.2, -0.15) is 0 Å². The zero-order valence-electron chi connectivity index (χ0n) is 9.88. The number of hydrogen-bond donors (Lipinski definition) is 0. The Kier molecular flexibility index (Phi) is 4.52. The fourth-order valence-electron chi connectivity index (χ4n) is 1.24. The predicted octanol–water partition coefficient (Wildman–Crippen LogP) is 2.24. The molecule has 0 aromatic carbocycles. The van der Waals surface area contributed by atoms with Gasteiger partial charge in [0, 0.05) is 6.07 Å². The third kappa shape index (κ3) is 3.70. The number of rotatable bonds is 4. The van der Waals surface area contributed by atoms with E-state index in [1.807, 2.05) is 0 Å². The SMILES string of the molecule is COC(=O)c1cc(OC(F)(F)F)c(CF)c(OC)n1. The molecule has 0 bridgehead atoms. The molecule has 0 atom stereocenters. The van der Waals surface area contributed by atoms with Gasteiger partial charge < -0.3 is 14.2 Å². The van der Waals surface area contributed by atoms with Crippen LogP contribution in [-0.2, 0) is 11.4 Å². The second kappa shape index (κ2) is 5.72. The van der Waals surface area contributed by atoms with Crippen molar-refractivity contribution in [3.05, 3.63) is 17.3 Å². The maximum atomic E-state index is 12.7. The van der Waals surface area contributed by atoms with Crippen LogP contribution in [0.15, 0.2) is 6.07 Å². The van der Waals surface area contributed by atoms with Gasteiger partial charge in [0.25, 0.3) is 0 Å². The fraction of sp³-hybridized carbons (Fsp3) is 0.400. The van der Waals surface area contributed by atoms with Crippen molar-refractivity contribution in [1.82, 2.24) is 4.98 Å². The van der Waals surface area contributed by atoms with E-state index >= 15 is 0 Å². The average molecular weight is 283 g/mol. The van der Waals surface area contributed by atoms with E-state index < -0.39 is 41.9 Å². The molecule has 0 aliphatic carbocycles. The largest absolute Gasteiger partial charge is 0.573 e. The van der Waals surface area contributed by atoms with Crippen LogP contribution in [0.3, 0.4) is 0 Å². The van der Waals surface area contributed by atoms with Crippen molar-refractivity contribution in [2.24, 2.45) is 0 Å². The van der Waals surface area contributed by atoms with Gasteiger partial charge in [0.15, 0.2) is 5.69 Å². The van der Waals surface area contributed by atoms with E-state index in [2.05, 4.69) is 19.2 Å². The molecule has 0 spiro atoms. The smallest absolute Gasteiger partial charge is 0.481 e. The Morgan fingerprint density at radius 2 is 2.00 bits per heavy atom. The summed E-state index contributed by atoms with van der Waals surface area (Å²) in [4.78, 5) is 14.8. The molecule has 0 saturated carbocycles. The lowest BCUT2D eigenvalue weighted by molar-refractivity contribution is -0.275. The van der Waals surface area contributed by atoms with E-state index in [9.17, 15) is 22.4 Å². The van der Waals surface area contributed by atoms with Crippen LogP contribution in [0.4, 0.5) is 17.6 Å². The van der Waals surface area contributed by atoms with Gasteiger partial charge in [0.1, 0.15) is 12.4 Å². The van der Waals surface area contributed by atoms with Crippen molar-refractivity contribution in [3.8, 4) is 11.6 Å². The van der Waals surface area contributed by atoms with E-state index in [0.29, 0.717) is 6.07 Å². The summed E-state index contributed by atoms with van der Waals surface area (Å²) in [6.07, 6.45) is -5.04. The van der Waals surface area contributed by atoms with Crippen LogP contribution in [-0.4, -0.2) is 31.5 Å². The molecule has 1 aromatic heterocycles. The van der Waals surface area contributed by atoms with Crippen LogP contribution in [0.25, 0.3) is 0 Å². The highest BCUT2D eigenvalue weighted by Gasteiger charge is 2.33. The number of aromatic nitrogens is 1.